The molecule has 0 amide bonds. The van der Waals surface area contributed by atoms with Crippen LogP contribution < -0.4 is 5.32 Å². The number of aromatic nitrogens is 2. The van der Waals surface area contributed by atoms with Crippen LogP contribution in [0.25, 0.3) is 0 Å². The lowest BCUT2D eigenvalue weighted by atomic mass is 10.5. The molecule has 2 aromatic rings. The van der Waals surface area contributed by atoms with Crippen molar-refractivity contribution in [2.45, 2.75) is 13.1 Å². The number of anilines is 1. The summed E-state index contributed by atoms with van der Waals surface area (Å²) in [5.74, 6) is 0.894. The average Bonchev–Trinajstić information content (AvgIpc) is 2.94. The van der Waals surface area contributed by atoms with Crippen molar-refractivity contribution >= 4 is 17.3 Å². The zero-order valence-corrected chi connectivity index (χ0v) is 10.0. The minimum atomic E-state index is 0.698. The Bertz CT molecular complexity index is 411. The Morgan fingerprint density at radius 1 is 1.56 bits per heavy atom. The van der Waals surface area contributed by atoms with Crippen LogP contribution in [0.15, 0.2) is 29.9 Å². The number of methoxy groups -OCH3 is 1. The zero-order chi connectivity index (χ0) is 11.2. The second-order valence-electron chi connectivity index (χ2n) is 3.37. The standard InChI is InChI=1S/C11H15N3OS/c1-15-7-6-14-5-4-12-11(14)13-9-10-3-2-8-16-10/h2-5,8H,6-7,9H2,1H3,(H,12,13). The topological polar surface area (TPSA) is 39.1 Å². The second-order valence-corrected chi connectivity index (χ2v) is 4.40. The summed E-state index contributed by atoms with van der Waals surface area (Å²) >= 11 is 1.74. The predicted molar refractivity (Wildman–Crippen MR) is 65.7 cm³/mol. The van der Waals surface area contributed by atoms with Crippen LogP contribution in [0.4, 0.5) is 5.95 Å². The summed E-state index contributed by atoms with van der Waals surface area (Å²) in [6, 6.07) is 4.17. The molecule has 2 heterocycles. The molecule has 0 aliphatic carbocycles. The summed E-state index contributed by atoms with van der Waals surface area (Å²) in [6.45, 7) is 2.34. The molecule has 0 unspecified atom stereocenters. The molecule has 0 atom stereocenters. The lowest BCUT2D eigenvalue weighted by Gasteiger charge is -2.08. The van der Waals surface area contributed by atoms with Crippen molar-refractivity contribution in [3.05, 3.63) is 34.8 Å². The first-order valence-corrected chi connectivity index (χ1v) is 6.04. The van der Waals surface area contributed by atoms with E-state index in [2.05, 4.69) is 32.4 Å². The average molecular weight is 237 g/mol. The smallest absolute Gasteiger partial charge is 0.203 e. The van der Waals surface area contributed by atoms with E-state index in [0.717, 1.165) is 19.0 Å². The van der Waals surface area contributed by atoms with Crippen molar-refractivity contribution < 1.29 is 4.74 Å². The van der Waals surface area contributed by atoms with E-state index in [1.54, 1.807) is 24.6 Å². The molecule has 0 saturated carbocycles. The third-order valence-corrected chi connectivity index (χ3v) is 3.13. The Hall–Kier alpha value is -1.33. The van der Waals surface area contributed by atoms with Crippen LogP contribution >= 0.6 is 11.3 Å². The molecule has 0 aliphatic heterocycles. The van der Waals surface area contributed by atoms with Gasteiger partial charge in [-0.2, -0.15) is 0 Å². The molecule has 0 bridgehead atoms. The normalized spacial score (nSPS) is 10.6. The zero-order valence-electron chi connectivity index (χ0n) is 9.22. The van der Waals surface area contributed by atoms with E-state index in [4.69, 9.17) is 4.74 Å². The Kier molecular flexibility index (Phi) is 3.96. The number of imidazole rings is 1. The molecule has 0 saturated heterocycles. The van der Waals surface area contributed by atoms with Crippen molar-refractivity contribution in [1.29, 1.82) is 0 Å². The number of hydrogen-bond donors (Lipinski definition) is 1. The Balaban J connectivity index is 1.91. The minimum Gasteiger partial charge on any atom is -0.383 e. The fourth-order valence-corrected chi connectivity index (χ4v) is 2.07. The molecule has 86 valence electrons. The summed E-state index contributed by atoms with van der Waals surface area (Å²) in [7, 11) is 1.70. The van der Waals surface area contributed by atoms with Gasteiger partial charge in [-0.25, -0.2) is 4.98 Å². The Morgan fingerprint density at radius 2 is 2.50 bits per heavy atom. The van der Waals surface area contributed by atoms with Crippen molar-refractivity contribution in [3.63, 3.8) is 0 Å². The SMILES string of the molecule is COCCn1ccnc1NCc1cccs1. The van der Waals surface area contributed by atoms with Gasteiger partial charge in [0.25, 0.3) is 0 Å². The number of nitrogens with one attached hydrogen (secondary N) is 1. The lowest BCUT2D eigenvalue weighted by molar-refractivity contribution is 0.187. The van der Waals surface area contributed by atoms with Gasteiger partial charge in [0.15, 0.2) is 0 Å². The second kappa shape index (κ2) is 5.67. The first kappa shape index (κ1) is 11.2. The molecule has 16 heavy (non-hydrogen) atoms. The minimum absolute atomic E-state index is 0.698. The van der Waals surface area contributed by atoms with Crippen LogP contribution in [0.2, 0.25) is 0 Å². The maximum atomic E-state index is 5.05. The van der Waals surface area contributed by atoms with Gasteiger partial charge in [0, 0.05) is 30.9 Å². The Labute approximate surface area is 98.9 Å². The van der Waals surface area contributed by atoms with Crippen LogP contribution in [0.5, 0.6) is 0 Å². The summed E-state index contributed by atoms with van der Waals surface area (Å²) in [5.41, 5.74) is 0. The number of thiophene rings is 1. The monoisotopic (exact) mass is 237 g/mol. The molecular formula is C11H15N3OS. The highest BCUT2D eigenvalue weighted by atomic mass is 32.1. The fraction of sp³-hybridized carbons (Fsp3) is 0.364. The summed E-state index contributed by atoms with van der Waals surface area (Å²) < 4.78 is 7.10. The van der Waals surface area contributed by atoms with Crippen molar-refractivity contribution in [2.75, 3.05) is 19.0 Å². The molecular weight excluding hydrogens is 222 g/mol. The molecule has 4 nitrogen and oxygen atoms in total. The number of ether oxygens (including phenoxy) is 1. The molecule has 2 aromatic heterocycles. The van der Waals surface area contributed by atoms with E-state index in [0.29, 0.717) is 6.61 Å². The highest BCUT2D eigenvalue weighted by molar-refractivity contribution is 7.09. The predicted octanol–water partition coefficient (Wildman–Crippen LogP) is 2.20. The fourth-order valence-electron chi connectivity index (χ4n) is 1.43. The van der Waals surface area contributed by atoms with Gasteiger partial charge in [-0.15, -0.1) is 11.3 Å². The number of hydrogen-bond acceptors (Lipinski definition) is 4. The van der Waals surface area contributed by atoms with Gasteiger partial charge in [0.05, 0.1) is 13.2 Å². The van der Waals surface area contributed by atoms with Crippen LogP contribution in [0.3, 0.4) is 0 Å². The summed E-state index contributed by atoms with van der Waals surface area (Å²) in [5, 5.41) is 5.39. The molecule has 0 radical (unpaired) electrons. The van der Waals surface area contributed by atoms with Gasteiger partial charge in [-0.3, -0.25) is 0 Å². The van der Waals surface area contributed by atoms with Crippen molar-refractivity contribution in [2.24, 2.45) is 0 Å². The van der Waals surface area contributed by atoms with Gasteiger partial charge in [-0.05, 0) is 11.4 Å². The summed E-state index contributed by atoms with van der Waals surface area (Å²) in [4.78, 5) is 5.58. The van der Waals surface area contributed by atoms with Crippen LogP contribution in [-0.4, -0.2) is 23.3 Å². The number of nitrogens with zero attached hydrogens (tertiary/aromatic N) is 2. The van der Waals surface area contributed by atoms with Gasteiger partial charge in [0.1, 0.15) is 0 Å². The van der Waals surface area contributed by atoms with Crippen LogP contribution in [-0.2, 0) is 17.8 Å². The highest BCUT2D eigenvalue weighted by Crippen LogP contribution is 2.11. The molecule has 0 spiro atoms. The lowest BCUT2D eigenvalue weighted by Crippen LogP contribution is -2.09. The van der Waals surface area contributed by atoms with E-state index in [1.807, 2.05) is 6.20 Å². The van der Waals surface area contributed by atoms with E-state index < -0.39 is 0 Å². The van der Waals surface area contributed by atoms with Gasteiger partial charge < -0.3 is 14.6 Å². The molecule has 5 heteroatoms. The maximum absolute atomic E-state index is 5.05. The highest BCUT2D eigenvalue weighted by Gasteiger charge is 2.01. The molecule has 0 aliphatic rings. The van der Waals surface area contributed by atoms with E-state index >= 15 is 0 Å². The quantitative estimate of drug-likeness (QED) is 0.837. The van der Waals surface area contributed by atoms with E-state index in [-0.39, 0.29) is 0 Å². The van der Waals surface area contributed by atoms with Gasteiger partial charge >= 0.3 is 0 Å². The number of rotatable bonds is 6. The molecule has 2 rings (SSSR count). The van der Waals surface area contributed by atoms with Crippen molar-refractivity contribution in [1.82, 2.24) is 9.55 Å². The maximum Gasteiger partial charge on any atom is 0.203 e. The summed E-state index contributed by atoms with van der Waals surface area (Å²) in [6.07, 6.45) is 3.75. The van der Waals surface area contributed by atoms with Crippen LogP contribution in [0, 0.1) is 0 Å². The third-order valence-electron chi connectivity index (χ3n) is 2.25. The Morgan fingerprint density at radius 3 is 3.25 bits per heavy atom. The first-order chi connectivity index (χ1) is 7.90. The molecule has 0 fully saturated rings. The van der Waals surface area contributed by atoms with E-state index in [1.165, 1.54) is 4.88 Å². The van der Waals surface area contributed by atoms with Crippen LogP contribution in [0.1, 0.15) is 4.88 Å². The van der Waals surface area contributed by atoms with E-state index in [9.17, 15) is 0 Å². The van der Waals surface area contributed by atoms with Crippen molar-refractivity contribution in [3.8, 4) is 0 Å². The molecule has 0 aromatic carbocycles. The third kappa shape index (κ3) is 2.84. The largest absolute Gasteiger partial charge is 0.383 e. The van der Waals surface area contributed by atoms with Gasteiger partial charge in [-0.1, -0.05) is 6.07 Å². The van der Waals surface area contributed by atoms with Gasteiger partial charge in [0.2, 0.25) is 5.95 Å². The molecule has 1 N–H and O–H groups in total. The first-order valence-electron chi connectivity index (χ1n) is 5.16.